The average Bonchev–Trinajstić information content (AvgIpc) is 3.15. The molecule has 1 aliphatic rings. The largest absolute Gasteiger partial charge is 0.369 e. The maximum absolute atomic E-state index is 12.0. The predicted octanol–water partition coefficient (Wildman–Crippen LogP) is 2.88. The quantitative estimate of drug-likeness (QED) is 0.877. The molecule has 0 radical (unpaired) electrons. The summed E-state index contributed by atoms with van der Waals surface area (Å²) in [6, 6.07) is 10.5. The highest BCUT2D eigenvalue weighted by Crippen LogP contribution is 2.19. The summed E-state index contributed by atoms with van der Waals surface area (Å²) in [5.41, 5.74) is 2.31. The molecule has 2 N–H and O–H groups in total. The van der Waals surface area contributed by atoms with Gasteiger partial charge in [-0.2, -0.15) is 0 Å². The van der Waals surface area contributed by atoms with E-state index in [-0.39, 0.29) is 12.1 Å². The fraction of sp³-hybridized carbons (Fsp3) is 0.444. The Morgan fingerprint density at radius 3 is 2.83 bits per heavy atom. The number of nitrogens with one attached hydrogen (secondary N) is 2. The second-order valence-electron chi connectivity index (χ2n) is 6.17. The molecule has 1 fully saturated rings. The molecule has 1 saturated heterocycles. The average molecular weight is 344 g/mol. The summed E-state index contributed by atoms with van der Waals surface area (Å²) in [5.74, 6) is 0. The Bertz CT molecular complexity index is 666. The first-order valence-electron chi connectivity index (χ1n) is 8.39. The third-order valence-corrected chi connectivity index (χ3v) is 5.47. The van der Waals surface area contributed by atoms with Gasteiger partial charge in [0.2, 0.25) is 0 Å². The minimum atomic E-state index is -0.0834. The van der Waals surface area contributed by atoms with Crippen molar-refractivity contribution in [3.8, 4) is 0 Å². The van der Waals surface area contributed by atoms with E-state index in [1.165, 1.54) is 10.6 Å². The topological polar surface area (TPSA) is 57.3 Å². The summed E-state index contributed by atoms with van der Waals surface area (Å²) in [4.78, 5) is 20.1. The lowest BCUT2D eigenvalue weighted by Gasteiger charge is -2.19. The molecular weight excluding hydrogens is 320 g/mol. The van der Waals surface area contributed by atoms with Crippen LogP contribution in [0.5, 0.6) is 0 Å². The van der Waals surface area contributed by atoms with Crippen LogP contribution in [0.15, 0.2) is 30.3 Å². The number of nitrogens with zero attached hydrogens (tertiary/aromatic N) is 2. The second kappa shape index (κ2) is 7.66. The summed E-state index contributed by atoms with van der Waals surface area (Å²) in [6.07, 6.45) is 1.76. The van der Waals surface area contributed by atoms with Gasteiger partial charge in [0.25, 0.3) is 0 Å². The number of hydrogen-bond acceptors (Lipinski definition) is 4. The molecule has 6 heteroatoms. The molecule has 0 bridgehead atoms. The first-order chi connectivity index (χ1) is 11.6. The number of benzene rings is 1. The van der Waals surface area contributed by atoms with E-state index in [9.17, 15) is 4.79 Å². The fourth-order valence-electron chi connectivity index (χ4n) is 2.92. The van der Waals surface area contributed by atoms with Crippen molar-refractivity contribution in [2.45, 2.75) is 32.7 Å². The van der Waals surface area contributed by atoms with Gasteiger partial charge in [0.05, 0.1) is 10.7 Å². The van der Waals surface area contributed by atoms with Crippen LogP contribution in [0.25, 0.3) is 0 Å². The molecule has 2 aromatic rings. The minimum Gasteiger partial charge on any atom is -0.369 e. The standard InChI is InChI=1S/C18H24N4OS/c1-13-14(2)24-17(20-13)8-10-19-18(23)21-15-9-11-22(12-15)16-6-4-3-5-7-16/h3-7,15H,8-12H2,1-2H3,(H2,19,21,23). The van der Waals surface area contributed by atoms with Gasteiger partial charge < -0.3 is 15.5 Å². The van der Waals surface area contributed by atoms with Crippen molar-refractivity contribution in [2.75, 3.05) is 24.5 Å². The molecule has 128 valence electrons. The highest BCUT2D eigenvalue weighted by atomic mass is 32.1. The van der Waals surface area contributed by atoms with Crippen molar-refractivity contribution in [3.05, 3.63) is 45.9 Å². The number of rotatable bonds is 5. The number of carbonyl (C=O) groups is 1. The molecule has 1 aromatic carbocycles. The summed E-state index contributed by atoms with van der Waals surface area (Å²) in [5, 5.41) is 7.10. The molecule has 1 aromatic heterocycles. The van der Waals surface area contributed by atoms with E-state index < -0.39 is 0 Å². The number of para-hydroxylation sites is 1. The fourth-order valence-corrected chi connectivity index (χ4v) is 3.85. The predicted molar refractivity (Wildman–Crippen MR) is 98.9 cm³/mol. The SMILES string of the molecule is Cc1nc(CCNC(=O)NC2CCN(c3ccccc3)C2)sc1C. The molecule has 24 heavy (non-hydrogen) atoms. The summed E-state index contributed by atoms with van der Waals surface area (Å²) < 4.78 is 0. The monoisotopic (exact) mass is 344 g/mol. The Morgan fingerprint density at radius 2 is 2.12 bits per heavy atom. The first-order valence-corrected chi connectivity index (χ1v) is 9.21. The number of urea groups is 1. The Kier molecular flexibility index (Phi) is 5.35. The molecular formula is C18H24N4OS. The third kappa shape index (κ3) is 4.26. The zero-order chi connectivity index (χ0) is 16.9. The molecule has 0 saturated carbocycles. The lowest BCUT2D eigenvalue weighted by Crippen LogP contribution is -2.43. The van der Waals surface area contributed by atoms with Crippen molar-refractivity contribution >= 4 is 23.1 Å². The lowest BCUT2D eigenvalue weighted by molar-refractivity contribution is 0.238. The van der Waals surface area contributed by atoms with Gasteiger partial charge in [-0.15, -0.1) is 11.3 Å². The Labute approximate surface area is 147 Å². The van der Waals surface area contributed by atoms with Crippen LogP contribution in [-0.4, -0.2) is 36.7 Å². The van der Waals surface area contributed by atoms with Gasteiger partial charge in [-0.3, -0.25) is 0 Å². The van der Waals surface area contributed by atoms with E-state index in [4.69, 9.17) is 0 Å². The van der Waals surface area contributed by atoms with E-state index in [1.807, 2.05) is 25.1 Å². The molecule has 1 unspecified atom stereocenters. The van der Waals surface area contributed by atoms with E-state index >= 15 is 0 Å². The van der Waals surface area contributed by atoms with Gasteiger partial charge in [-0.1, -0.05) is 18.2 Å². The van der Waals surface area contributed by atoms with E-state index in [1.54, 1.807) is 11.3 Å². The molecule has 0 spiro atoms. The van der Waals surface area contributed by atoms with Crippen molar-refractivity contribution in [1.29, 1.82) is 0 Å². The van der Waals surface area contributed by atoms with E-state index in [2.05, 4.69) is 39.6 Å². The number of aryl methyl sites for hydroxylation is 2. The molecule has 3 rings (SSSR count). The maximum atomic E-state index is 12.0. The number of hydrogen-bond donors (Lipinski definition) is 2. The van der Waals surface area contributed by atoms with Gasteiger partial charge in [-0.25, -0.2) is 9.78 Å². The van der Waals surface area contributed by atoms with E-state index in [0.717, 1.165) is 36.6 Å². The van der Waals surface area contributed by atoms with Crippen molar-refractivity contribution in [3.63, 3.8) is 0 Å². The smallest absolute Gasteiger partial charge is 0.315 e. The highest BCUT2D eigenvalue weighted by molar-refractivity contribution is 7.11. The van der Waals surface area contributed by atoms with E-state index in [0.29, 0.717) is 6.54 Å². The Hall–Kier alpha value is -2.08. The molecule has 0 aliphatic carbocycles. The zero-order valence-corrected chi connectivity index (χ0v) is 15.0. The van der Waals surface area contributed by atoms with Crippen molar-refractivity contribution < 1.29 is 4.79 Å². The Morgan fingerprint density at radius 1 is 1.33 bits per heavy atom. The molecule has 1 atom stereocenters. The number of aromatic nitrogens is 1. The number of thiazole rings is 1. The molecule has 2 amide bonds. The lowest BCUT2D eigenvalue weighted by atomic mass is 10.3. The van der Waals surface area contributed by atoms with Crippen LogP contribution in [0.1, 0.15) is 22.0 Å². The number of anilines is 1. The Balaban J connectivity index is 1.39. The van der Waals surface area contributed by atoms with Gasteiger partial charge in [0.15, 0.2) is 0 Å². The van der Waals surface area contributed by atoms with Crippen LogP contribution in [0.2, 0.25) is 0 Å². The highest BCUT2D eigenvalue weighted by Gasteiger charge is 2.23. The van der Waals surface area contributed by atoms with Crippen LogP contribution >= 0.6 is 11.3 Å². The van der Waals surface area contributed by atoms with Gasteiger partial charge in [0.1, 0.15) is 0 Å². The van der Waals surface area contributed by atoms with Gasteiger partial charge in [-0.05, 0) is 32.4 Å². The third-order valence-electron chi connectivity index (χ3n) is 4.34. The van der Waals surface area contributed by atoms with Crippen molar-refractivity contribution in [2.24, 2.45) is 0 Å². The van der Waals surface area contributed by atoms with Crippen LogP contribution in [-0.2, 0) is 6.42 Å². The van der Waals surface area contributed by atoms with Gasteiger partial charge in [0, 0.05) is 42.7 Å². The van der Waals surface area contributed by atoms with Crippen LogP contribution < -0.4 is 15.5 Å². The first kappa shape index (κ1) is 16.8. The minimum absolute atomic E-state index is 0.0834. The number of carbonyl (C=O) groups excluding carboxylic acids is 1. The summed E-state index contributed by atoms with van der Waals surface area (Å²) >= 11 is 1.71. The van der Waals surface area contributed by atoms with Crippen LogP contribution in [0.3, 0.4) is 0 Å². The van der Waals surface area contributed by atoms with Crippen LogP contribution in [0, 0.1) is 13.8 Å². The number of amides is 2. The van der Waals surface area contributed by atoms with Crippen LogP contribution in [0.4, 0.5) is 10.5 Å². The normalized spacial score (nSPS) is 17.1. The zero-order valence-electron chi connectivity index (χ0n) is 14.2. The summed E-state index contributed by atoms with van der Waals surface area (Å²) in [7, 11) is 0. The maximum Gasteiger partial charge on any atom is 0.315 e. The van der Waals surface area contributed by atoms with Gasteiger partial charge >= 0.3 is 6.03 Å². The van der Waals surface area contributed by atoms with Crippen molar-refractivity contribution in [1.82, 2.24) is 15.6 Å². The summed E-state index contributed by atoms with van der Waals surface area (Å²) in [6.45, 7) is 6.56. The second-order valence-corrected chi connectivity index (χ2v) is 7.45. The molecule has 2 heterocycles. The molecule has 5 nitrogen and oxygen atoms in total. The molecule has 1 aliphatic heterocycles.